The quantitative estimate of drug-likeness (QED) is 0.496. The number of carbonyl (C=O) groups excluding carboxylic acids is 1. The topological polar surface area (TPSA) is 88.5 Å². The molecule has 6 nitrogen and oxygen atoms in total. The summed E-state index contributed by atoms with van der Waals surface area (Å²) in [6.07, 6.45) is 2.58. The molecule has 1 amide bonds. The van der Waals surface area contributed by atoms with E-state index in [1.165, 1.54) is 16.9 Å². The van der Waals surface area contributed by atoms with Crippen molar-refractivity contribution in [3.8, 4) is 5.75 Å². The lowest BCUT2D eigenvalue weighted by atomic mass is 9.98. The zero-order valence-corrected chi connectivity index (χ0v) is 19.0. The summed E-state index contributed by atoms with van der Waals surface area (Å²) in [5.74, 6) is -0.0153. The second kappa shape index (κ2) is 9.53. The standard InChI is InChI=1S/C25H26N2O4S/c1-15-5-3-4-6-20(15)24(30)27-25-26-22(16(2)32-25)11-12-31-19-9-10-21-17(13-19)7-8-18(21)14-23(28)29/h3-6,9-10,13,18H,7-8,11-12,14H2,1-2H3,(H,28,29)(H,26,27,30)/t18-/m0/s1. The molecule has 0 bridgehead atoms. The van der Waals surface area contributed by atoms with Crippen molar-refractivity contribution in [3.05, 3.63) is 75.3 Å². The normalized spacial score (nSPS) is 14.8. The predicted molar refractivity (Wildman–Crippen MR) is 125 cm³/mol. The van der Waals surface area contributed by atoms with Crippen LogP contribution in [0.25, 0.3) is 0 Å². The van der Waals surface area contributed by atoms with Crippen LogP contribution in [0.5, 0.6) is 5.75 Å². The van der Waals surface area contributed by atoms with Crippen LogP contribution in [0.15, 0.2) is 42.5 Å². The van der Waals surface area contributed by atoms with Gasteiger partial charge in [0.2, 0.25) is 0 Å². The number of aryl methyl sites for hydroxylation is 3. The molecule has 0 saturated carbocycles. The lowest BCUT2D eigenvalue weighted by molar-refractivity contribution is -0.137. The summed E-state index contributed by atoms with van der Waals surface area (Å²) in [6, 6.07) is 13.4. The van der Waals surface area contributed by atoms with Crippen molar-refractivity contribution < 1.29 is 19.4 Å². The minimum atomic E-state index is -0.753. The second-order valence-corrected chi connectivity index (χ2v) is 9.29. The van der Waals surface area contributed by atoms with Gasteiger partial charge in [-0.1, -0.05) is 24.3 Å². The number of amides is 1. The van der Waals surface area contributed by atoms with E-state index in [-0.39, 0.29) is 18.2 Å². The Labute approximate surface area is 191 Å². The van der Waals surface area contributed by atoms with Crippen molar-refractivity contribution in [2.45, 2.75) is 45.4 Å². The number of thiazole rings is 1. The average Bonchev–Trinajstić information content (AvgIpc) is 3.30. The van der Waals surface area contributed by atoms with E-state index in [0.717, 1.165) is 40.3 Å². The van der Waals surface area contributed by atoms with Crippen LogP contribution in [0, 0.1) is 13.8 Å². The van der Waals surface area contributed by atoms with Crippen molar-refractivity contribution in [2.24, 2.45) is 0 Å². The number of carboxylic acid groups (broad SMARTS) is 1. The molecule has 3 aromatic rings. The number of ether oxygens (including phenoxy) is 1. The number of carbonyl (C=O) groups is 2. The summed E-state index contributed by atoms with van der Waals surface area (Å²) in [4.78, 5) is 29.2. The van der Waals surface area contributed by atoms with E-state index in [4.69, 9.17) is 9.84 Å². The maximum atomic E-state index is 12.5. The molecule has 1 aliphatic carbocycles. The predicted octanol–water partition coefficient (Wildman–Crippen LogP) is 5.14. The van der Waals surface area contributed by atoms with Gasteiger partial charge in [-0.05, 0) is 67.5 Å². The monoisotopic (exact) mass is 450 g/mol. The summed E-state index contributed by atoms with van der Waals surface area (Å²) in [5.41, 5.74) is 4.80. The molecule has 7 heteroatoms. The van der Waals surface area contributed by atoms with Gasteiger partial charge in [-0.3, -0.25) is 14.9 Å². The summed E-state index contributed by atoms with van der Waals surface area (Å²) in [6.45, 7) is 4.39. The third kappa shape index (κ3) is 4.99. The lowest BCUT2D eigenvalue weighted by Gasteiger charge is -2.10. The van der Waals surface area contributed by atoms with Crippen molar-refractivity contribution in [1.82, 2.24) is 4.98 Å². The lowest BCUT2D eigenvalue weighted by Crippen LogP contribution is -2.13. The van der Waals surface area contributed by atoms with Crippen molar-refractivity contribution in [2.75, 3.05) is 11.9 Å². The molecule has 0 saturated heterocycles. The van der Waals surface area contributed by atoms with E-state index in [2.05, 4.69) is 10.3 Å². The van der Waals surface area contributed by atoms with Crippen molar-refractivity contribution >= 4 is 28.3 Å². The zero-order chi connectivity index (χ0) is 22.7. The van der Waals surface area contributed by atoms with Gasteiger partial charge in [0.1, 0.15) is 5.75 Å². The van der Waals surface area contributed by atoms with Gasteiger partial charge in [0.05, 0.1) is 18.7 Å². The molecule has 32 heavy (non-hydrogen) atoms. The Kier molecular flexibility index (Phi) is 6.55. The van der Waals surface area contributed by atoms with Crippen LogP contribution in [-0.4, -0.2) is 28.6 Å². The highest BCUT2D eigenvalue weighted by Crippen LogP contribution is 2.37. The Morgan fingerprint density at radius 2 is 2.03 bits per heavy atom. The molecule has 0 spiro atoms. The van der Waals surface area contributed by atoms with Crippen LogP contribution in [0.3, 0.4) is 0 Å². The minimum absolute atomic E-state index is 0.0995. The molecule has 0 radical (unpaired) electrons. The number of fused-ring (bicyclic) bond motifs is 1. The highest BCUT2D eigenvalue weighted by molar-refractivity contribution is 7.15. The number of carboxylic acids is 1. The molecule has 0 unspecified atom stereocenters. The van der Waals surface area contributed by atoms with E-state index in [1.54, 1.807) is 6.07 Å². The molecule has 1 atom stereocenters. The van der Waals surface area contributed by atoms with Crippen LogP contribution in [0.1, 0.15) is 56.4 Å². The average molecular weight is 451 g/mol. The minimum Gasteiger partial charge on any atom is -0.493 e. The van der Waals surface area contributed by atoms with E-state index in [1.807, 2.05) is 50.2 Å². The van der Waals surface area contributed by atoms with Gasteiger partial charge < -0.3 is 9.84 Å². The summed E-state index contributed by atoms with van der Waals surface area (Å²) >= 11 is 1.46. The molecule has 166 valence electrons. The third-order valence-electron chi connectivity index (χ3n) is 5.85. The molecule has 2 N–H and O–H groups in total. The molecule has 0 aliphatic heterocycles. The first kappa shape index (κ1) is 22.0. The van der Waals surface area contributed by atoms with Crippen molar-refractivity contribution in [3.63, 3.8) is 0 Å². The molecule has 2 aromatic carbocycles. The smallest absolute Gasteiger partial charge is 0.303 e. The third-order valence-corrected chi connectivity index (χ3v) is 6.78. The summed E-state index contributed by atoms with van der Waals surface area (Å²) in [5, 5.41) is 12.6. The molecular weight excluding hydrogens is 424 g/mol. The highest BCUT2D eigenvalue weighted by atomic mass is 32.1. The first-order valence-electron chi connectivity index (χ1n) is 10.7. The van der Waals surface area contributed by atoms with E-state index < -0.39 is 5.97 Å². The number of nitrogens with zero attached hydrogens (tertiary/aromatic N) is 1. The number of nitrogens with one attached hydrogen (secondary N) is 1. The highest BCUT2D eigenvalue weighted by Gasteiger charge is 2.25. The number of benzene rings is 2. The van der Waals surface area contributed by atoms with Gasteiger partial charge in [-0.2, -0.15) is 0 Å². The molecular formula is C25H26N2O4S. The fourth-order valence-electron chi connectivity index (χ4n) is 4.17. The van der Waals surface area contributed by atoms with Crippen LogP contribution in [0.4, 0.5) is 5.13 Å². The Bertz CT molecular complexity index is 1150. The maximum Gasteiger partial charge on any atom is 0.303 e. The number of hydrogen-bond donors (Lipinski definition) is 2. The first-order chi connectivity index (χ1) is 15.4. The van der Waals surface area contributed by atoms with Gasteiger partial charge in [0.25, 0.3) is 5.91 Å². The summed E-state index contributed by atoms with van der Waals surface area (Å²) < 4.78 is 5.94. The molecule has 0 fully saturated rings. The molecule has 4 rings (SSSR count). The Balaban J connectivity index is 1.33. The van der Waals surface area contributed by atoms with Gasteiger partial charge >= 0.3 is 5.97 Å². The summed E-state index contributed by atoms with van der Waals surface area (Å²) in [7, 11) is 0. The Morgan fingerprint density at radius 3 is 2.81 bits per heavy atom. The van der Waals surface area contributed by atoms with E-state index >= 15 is 0 Å². The van der Waals surface area contributed by atoms with E-state index in [9.17, 15) is 9.59 Å². The number of aromatic nitrogens is 1. The molecule has 1 aromatic heterocycles. The number of hydrogen-bond acceptors (Lipinski definition) is 5. The zero-order valence-electron chi connectivity index (χ0n) is 18.2. The van der Waals surface area contributed by atoms with Crippen LogP contribution >= 0.6 is 11.3 Å². The molecule has 1 aliphatic rings. The largest absolute Gasteiger partial charge is 0.493 e. The van der Waals surface area contributed by atoms with Gasteiger partial charge in [-0.15, -0.1) is 11.3 Å². The van der Waals surface area contributed by atoms with Crippen LogP contribution in [-0.2, 0) is 17.6 Å². The Morgan fingerprint density at radius 1 is 1.22 bits per heavy atom. The fourth-order valence-corrected chi connectivity index (χ4v) is 5.02. The maximum absolute atomic E-state index is 12.5. The Hall–Kier alpha value is -3.19. The number of aliphatic carboxylic acids is 1. The molecule has 1 heterocycles. The van der Waals surface area contributed by atoms with Crippen LogP contribution in [0.2, 0.25) is 0 Å². The first-order valence-corrected chi connectivity index (χ1v) is 11.5. The second-order valence-electron chi connectivity index (χ2n) is 8.08. The number of rotatable bonds is 8. The van der Waals surface area contributed by atoms with E-state index in [0.29, 0.717) is 23.7 Å². The van der Waals surface area contributed by atoms with Gasteiger partial charge in [-0.25, -0.2) is 4.98 Å². The number of anilines is 1. The van der Waals surface area contributed by atoms with Crippen LogP contribution < -0.4 is 10.1 Å². The van der Waals surface area contributed by atoms with Gasteiger partial charge in [0, 0.05) is 16.9 Å². The SMILES string of the molecule is Cc1ccccc1C(=O)Nc1nc(CCOc2ccc3c(c2)CC[C@H]3CC(=O)O)c(C)s1. The van der Waals surface area contributed by atoms with Gasteiger partial charge in [0.15, 0.2) is 5.13 Å². The van der Waals surface area contributed by atoms with Crippen molar-refractivity contribution in [1.29, 1.82) is 0 Å². The fraction of sp³-hybridized carbons (Fsp3) is 0.320.